The van der Waals surface area contributed by atoms with Crippen LogP contribution in [-0.4, -0.2) is 36.9 Å². The number of halogens is 1. The van der Waals surface area contributed by atoms with Gasteiger partial charge in [-0.25, -0.2) is 13.9 Å². The third-order valence-electron chi connectivity index (χ3n) is 4.42. The first-order valence-electron chi connectivity index (χ1n) is 8.92. The summed E-state index contributed by atoms with van der Waals surface area (Å²) in [7, 11) is 0. The minimum Gasteiger partial charge on any atom is -0.333 e. The number of carbonyl (C=O) groups is 1. The van der Waals surface area contributed by atoms with Gasteiger partial charge in [0.1, 0.15) is 5.82 Å². The fraction of sp³-hybridized carbons (Fsp3) is 0.143. The molecule has 0 atom stereocenters. The molecular weight excluding hydrogens is 357 g/mol. The Balaban J connectivity index is 1.57. The van der Waals surface area contributed by atoms with Crippen molar-refractivity contribution < 1.29 is 9.18 Å². The number of carbonyl (C=O) groups excluding carboxylic acids is 1. The zero-order valence-corrected chi connectivity index (χ0v) is 15.1. The number of nitrogens with zero attached hydrogens (tertiary/aromatic N) is 5. The topological polar surface area (TPSA) is 63.4 Å². The molecule has 0 saturated carbocycles. The molecule has 4 rings (SSSR count). The largest absolute Gasteiger partial charge is 0.333 e. The van der Waals surface area contributed by atoms with Crippen LogP contribution in [0.3, 0.4) is 0 Å². The molecule has 0 saturated heterocycles. The highest BCUT2D eigenvalue weighted by Gasteiger charge is 2.20. The third-order valence-corrected chi connectivity index (χ3v) is 4.42. The quantitative estimate of drug-likeness (QED) is 0.519. The number of pyridine rings is 1. The molecule has 7 heteroatoms. The van der Waals surface area contributed by atoms with E-state index in [-0.39, 0.29) is 11.7 Å². The molecule has 0 aliphatic heterocycles. The van der Waals surface area contributed by atoms with Gasteiger partial charge in [-0.2, -0.15) is 5.10 Å². The smallest absolute Gasteiger partial charge is 0.274 e. The maximum atomic E-state index is 13.1. The van der Waals surface area contributed by atoms with Gasteiger partial charge in [-0.15, -0.1) is 0 Å². The van der Waals surface area contributed by atoms with E-state index in [1.54, 1.807) is 58.5 Å². The monoisotopic (exact) mass is 375 g/mol. The molecule has 0 aliphatic rings. The van der Waals surface area contributed by atoms with Gasteiger partial charge in [0.2, 0.25) is 0 Å². The van der Waals surface area contributed by atoms with Gasteiger partial charge in [-0.3, -0.25) is 9.78 Å². The Morgan fingerprint density at radius 3 is 2.68 bits per heavy atom. The molecule has 0 unspecified atom stereocenters. The summed E-state index contributed by atoms with van der Waals surface area (Å²) in [5.41, 5.74) is 2.84. The predicted molar refractivity (Wildman–Crippen MR) is 102 cm³/mol. The van der Waals surface area contributed by atoms with Crippen LogP contribution in [0.2, 0.25) is 0 Å². The highest BCUT2D eigenvalue weighted by molar-refractivity contribution is 5.93. The van der Waals surface area contributed by atoms with Crippen molar-refractivity contribution in [3.63, 3.8) is 0 Å². The van der Waals surface area contributed by atoms with Gasteiger partial charge in [-0.1, -0.05) is 18.2 Å². The summed E-state index contributed by atoms with van der Waals surface area (Å²) in [6.45, 7) is 0.885. The second kappa shape index (κ2) is 7.96. The summed E-state index contributed by atoms with van der Waals surface area (Å²) in [4.78, 5) is 23.2. The fourth-order valence-corrected chi connectivity index (χ4v) is 2.98. The zero-order valence-electron chi connectivity index (χ0n) is 15.1. The Morgan fingerprint density at radius 2 is 1.93 bits per heavy atom. The average molecular weight is 375 g/mol. The maximum absolute atomic E-state index is 13.1. The van der Waals surface area contributed by atoms with Crippen molar-refractivity contribution in [2.24, 2.45) is 0 Å². The van der Waals surface area contributed by atoms with Crippen LogP contribution in [-0.2, 0) is 13.0 Å². The second-order valence-corrected chi connectivity index (χ2v) is 6.42. The number of aromatic nitrogens is 4. The first-order chi connectivity index (χ1) is 13.7. The van der Waals surface area contributed by atoms with Crippen molar-refractivity contribution >= 4 is 11.6 Å². The minimum absolute atomic E-state index is 0.184. The Bertz CT molecular complexity index is 1050. The Hall–Kier alpha value is -3.61. The maximum Gasteiger partial charge on any atom is 0.274 e. The van der Waals surface area contributed by atoms with Gasteiger partial charge in [0.25, 0.3) is 5.91 Å². The molecule has 0 radical (unpaired) electrons. The van der Waals surface area contributed by atoms with E-state index >= 15 is 0 Å². The molecule has 0 N–H and O–H groups in total. The lowest BCUT2D eigenvalue weighted by Gasteiger charge is -2.22. The predicted octanol–water partition coefficient (Wildman–Crippen LogP) is 3.15. The van der Waals surface area contributed by atoms with Crippen molar-refractivity contribution in [1.82, 2.24) is 24.5 Å². The summed E-state index contributed by atoms with van der Waals surface area (Å²) >= 11 is 0. The Kier molecular flexibility index (Phi) is 5.05. The minimum atomic E-state index is -0.274. The summed E-state index contributed by atoms with van der Waals surface area (Å²) in [6, 6.07) is 13.5. The average Bonchev–Trinajstić information content (AvgIpc) is 3.17. The van der Waals surface area contributed by atoms with E-state index < -0.39 is 0 Å². The highest BCUT2D eigenvalue weighted by Crippen LogP contribution is 2.12. The van der Waals surface area contributed by atoms with Gasteiger partial charge < -0.3 is 4.90 Å². The molecule has 3 heterocycles. The van der Waals surface area contributed by atoms with Crippen LogP contribution < -0.4 is 0 Å². The van der Waals surface area contributed by atoms with E-state index in [2.05, 4.69) is 15.1 Å². The van der Waals surface area contributed by atoms with Gasteiger partial charge in [0.05, 0.1) is 0 Å². The van der Waals surface area contributed by atoms with E-state index in [0.717, 1.165) is 11.1 Å². The Morgan fingerprint density at radius 1 is 1.07 bits per heavy atom. The third kappa shape index (κ3) is 4.03. The van der Waals surface area contributed by atoms with Crippen molar-refractivity contribution in [2.75, 3.05) is 6.54 Å². The zero-order chi connectivity index (χ0) is 19.3. The van der Waals surface area contributed by atoms with Crippen LogP contribution in [0.4, 0.5) is 4.39 Å². The van der Waals surface area contributed by atoms with E-state index in [1.165, 1.54) is 12.1 Å². The number of fused-ring (bicyclic) bond motifs is 1. The Labute approximate surface area is 161 Å². The molecule has 28 heavy (non-hydrogen) atoms. The van der Waals surface area contributed by atoms with E-state index in [0.29, 0.717) is 30.9 Å². The molecule has 4 aromatic rings. The summed E-state index contributed by atoms with van der Waals surface area (Å²) in [5, 5.41) is 4.34. The van der Waals surface area contributed by atoms with Crippen molar-refractivity contribution in [3.05, 3.63) is 96.0 Å². The van der Waals surface area contributed by atoms with E-state index in [4.69, 9.17) is 0 Å². The van der Waals surface area contributed by atoms with Crippen molar-refractivity contribution in [3.8, 4) is 0 Å². The van der Waals surface area contributed by atoms with Crippen LogP contribution in [0.15, 0.2) is 73.3 Å². The van der Waals surface area contributed by atoms with Crippen LogP contribution in [0.5, 0.6) is 0 Å². The lowest BCUT2D eigenvalue weighted by Crippen LogP contribution is -2.33. The molecule has 1 amide bonds. The van der Waals surface area contributed by atoms with Crippen LogP contribution >= 0.6 is 0 Å². The highest BCUT2D eigenvalue weighted by atomic mass is 19.1. The van der Waals surface area contributed by atoms with Crippen molar-refractivity contribution in [1.29, 1.82) is 0 Å². The summed E-state index contributed by atoms with van der Waals surface area (Å²) < 4.78 is 14.7. The van der Waals surface area contributed by atoms with Crippen LogP contribution in [0.25, 0.3) is 5.65 Å². The molecular formula is C21H18FN5O. The number of amides is 1. The van der Waals surface area contributed by atoms with Gasteiger partial charge in [0, 0.05) is 43.9 Å². The van der Waals surface area contributed by atoms with Gasteiger partial charge in [0.15, 0.2) is 11.3 Å². The normalized spacial score (nSPS) is 10.9. The molecule has 6 nitrogen and oxygen atoms in total. The number of rotatable bonds is 6. The number of benzene rings is 1. The lowest BCUT2D eigenvalue weighted by molar-refractivity contribution is 0.0738. The molecule has 0 bridgehead atoms. The van der Waals surface area contributed by atoms with Crippen LogP contribution in [0, 0.1) is 5.82 Å². The first-order valence-corrected chi connectivity index (χ1v) is 8.92. The van der Waals surface area contributed by atoms with E-state index in [9.17, 15) is 9.18 Å². The summed E-state index contributed by atoms with van der Waals surface area (Å²) in [5.74, 6) is -0.458. The number of hydrogen-bond donors (Lipinski definition) is 0. The standard InChI is InChI=1S/C21H18FN5O/c22-18-6-4-16(5-7-18)8-12-26(15-17-3-1-9-23-14-17)21(28)19-13-20-24-10-2-11-27(20)25-19/h1-7,9-11,13-14H,8,12,15H2. The molecule has 1 aromatic carbocycles. The van der Waals surface area contributed by atoms with Crippen LogP contribution in [0.1, 0.15) is 21.6 Å². The summed E-state index contributed by atoms with van der Waals surface area (Å²) in [6.07, 6.45) is 7.46. The first kappa shape index (κ1) is 17.8. The second-order valence-electron chi connectivity index (χ2n) is 6.42. The molecule has 0 fully saturated rings. The van der Waals surface area contributed by atoms with Gasteiger partial charge in [-0.05, 0) is 41.8 Å². The molecule has 0 aliphatic carbocycles. The molecule has 0 spiro atoms. The van der Waals surface area contributed by atoms with Gasteiger partial charge >= 0.3 is 0 Å². The molecule has 140 valence electrons. The van der Waals surface area contributed by atoms with Crippen molar-refractivity contribution in [2.45, 2.75) is 13.0 Å². The van der Waals surface area contributed by atoms with E-state index in [1.807, 2.05) is 12.1 Å². The lowest BCUT2D eigenvalue weighted by atomic mass is 10.1. The molecule has 3 aromatic heterocycles. The number of hydrogen-bond acceptors (Lipinski definition) is 4. The SMILES string of the molecule is O=C(c1cc2ncccn2n1)N(CCc1ccc(F)cc1)Cc1cccnc1. The fourth-order valence-electron chi connectivity index (χ4n) is 2.98.